The van der Waals surface area contributed by atoms with Gasteiger partial charge in [0.05, 0.1) is 5.71 Å². The Kier molecular flexibility index (Phi) is 6.37. The number of phenolic OH excluding ortho intramolecular Hbond substituents is 1. The number of anilines is 1. The number of amides is 2. The van der Waals surface area contributed by atoms with E-state index in [9.17, 15) is 14.7 Å². The molecule has 0 bridgehead atoms. The Labute approximate surface area is 168 Å². The summed E-state index contributed by atoms with van der Waals surface area (Å²) in [5.74, 6) is -0.391. The van der Waals surface area contributed by atoms with Crippen LogP contribution < -0.4 is 10.7 Å². The van der Waals surface area contributed by atoms with Crippen molar-refractivity contribution < 1.29 is 14.7 Å². The van der Waals surface area contributed by atoms with Gasteiger partial charge in [-0.1, -0.05) is 25.1 Å². The zero-order chi connectivity index (χ0) is 20.6. The van der Waals surface area contributed by atoms with Crippen molar-refractivity contribution in [3.05, 3.63) is 95.6 Å². The molecule has 0 spiro atoms. The van der Waals surface area contributed by atoms with Crippen molar-refractivity contribution >= 4 is 23.2 Å². The molecular formula is C23H21N3O3. The molecule has 3 aromatic carbocycles. The van der Waals surface area contributed by atoms with E-state index in [2.05, 4.69) is 15.8 Å². The molecule has 0 fully saturated rings. The number of nitrogens with zero attached hydrogens (tertiary/aromatic N) is 1. The van der Waals surface area contributed by atoms with Crippen molar-refractivity contribution in [2.24, 2.45) is 5.10 Å². The van der Waals surface area contributed by atoms with E-state index in [4.69, 9.17) is 0 Å². The average Bonchev–Trinajstić information content (AvgIpc) is 2.76. The van der Waals surface area contributed by atoms with Crippen LogP contribution in [0.4, 0.5) is 5.69 Å². The summed E-state index contributed by atoms with van der Waals surface area (Å²) >= 11 is 0. The molecule has 29 heavy (non-hydrogen) atoms. The highest BCUT2D eigenvalue weighted by Gasteiger charge is 2.08. The number of benzene rings is 3. The lowest BCUT2D eigenvalue weighted by molar-refractivity contribution is 0.0954. The second kappa shape index (κ2) is 9.32. The number of aromatic hydroxyl groups is 1. The maximum atomic E-state index is 12.4. The molecule has 0 aromatic heterocycles. The van der Waals surface area contributed by atoms with E-state index < -0.39 is 0 Å². The van der Waals surface area contributed by atoms with E-state index >= 15 is 0 Å². The van der Waals surface area contributed by atoms with Crippen LogP contribution in [-0.4, -0.2) is 22.6 Å². The highest BCUT2D eigenvalue weighted by molar-refractivity contribution is 6.05. The number of hydrogen-bond donors (Lipinski definition) is 3. The Bertz CT molecular complexity index is 1010. The molecule has 2 amide bonds. The van der Waals surface area contributed by atoms with Crippen LogP contribution in [0.5, 0.6) is 5.75 Å². The number of hydrazone groups is 1. The van der Waals surface area contributed by atoms with E-state index in [-0.39, 0.29) is 17.6 Å². The van der Waals surface area contributed by atoms with E-state index in [1.165, 1.54) is 0 Å². The summed E-state index contributed by atoms with van der Waals surface area (Å²) in [5, 5.41) is 16.4. The third-order valence-corrected chi connectivity index (χ3v) is 4.27. The number of carbonyl (C=O) groups is 2. The molecule has 3 rings (SSSR count). The quantitative estimate of drug-likeness (QED) is 0.438. The number of carbonyl (C=O) groups excluding carboxylic acids is 2. The Morgan fingerprint density at radius 3 is 2.00 bits per heavy atom. The minimum Gasteiger partial charge on any atom is -0.508 e. The zero-order valence-electron chi connectivity index (χ0n) is 15.9. The number of nitrogens with one attached hydrogen (secondary N) is 2. The SMILES string of the molecule is CCC(=NNC(=O)c1ccc(NC(=O)c2ccccc2)cc1)c1ccc(O)cc1. The molecular weight excluding hydrogens is 366 g/mol. The topological polar surface area (TPSA) is 90.8 Å². The molecule has 0 unspecified atom stereocenters. The summed E-state index contributed by atoms with van der Waals surface area (Å²) in [6.07, 6.45) is 0.621. The lowest BCUT2D eigenvalue weighted by atomic mass is 10.1. The van der Waals surface area contributed by atoms with Gasteiger partial charge in [-0.25, -0.2) is 5.43 Å². The second-order valence-corrected chi connectivity index (χ2v) is 6.30. The van der Waals surface area contributed by atoms with Crippen LogP contribution in [0.15, 0.2) is 84.0 Å². The molecule has 3 N–H and O–H groups in total. The maximum absolute atomic E-state index is 12.4. The van der Waals surface area contributed by atoms with Crippen LogP contribution in [0.25, 0.3) is 0 Å². The number of rotatable bonds is 6. The van der Waals surface area contributed by atoms with E-state index in [0.29, 0.717) is 28.9 Å². The smallest absolute Gasteiger partial charge is 0.271 e. The van der Waals surface area contributed by atoms with Gasteiger partial charge in [0, 0.05) is 16.8 Å². The minimum atomic E-state index is -0.351. The predicted molar refractivity (Wildman–Crippen MR) is 113 cm³/mol. The summed E-state index contributed by atoms with van der Waals surface area (Å²) in [6, 6.07) is 22.1. The molecule has 0 saturated heterocycles. The van der Waals surface area contributed by atoms with Crippen LogP contribution in [-0.2, 0) is 0 Å². The fraction of sp³-hybridized carbons (Fsp3) is 0.0870. The van der Waals surface area contributed by atoms with Gasteiger partial charge < -0.3 is 10.4 Å². The largest absolute Gasteiger partial charge is 0.508 e. The van der Waals surface area contributed by atoms with Crippen molar-refractivity contribution in [2.75, 3.05) is 5.32 Å². The van der Waals surface area contributed by atoms with E-state index in [0.717, 1.165) is 5.56 Å². The highest BCUT2D eigenvalue weighted by Crippen LogP contribution is 2.13. The Morgan fingerprint density at radius 2 is 1.38 bits per heavy atom. The minimum absolute atomic E-state index is 0.174. The lowest BCUT2D eigenvalue weighted by Gasteiger charge is -2.07. The normalized spacial score (nSPS) is 11.0. The predicted octanol–water partition coefficient (Wildman–Crippen LogP) is 4.19. The molecule has 6 nitrogen and oxygen atoms in total. The summed E-state index contributed by atoms with van der Waals surface area (Å²) in [4.78, 5) is 24.5. The van der Waals surface area contributed by atoms with Gasteiger partial charge in [0.15, 0.2) is 0 Å². The summed E-state index contributed by atoms with van der Waals surface area (Å²) < 4.78 is 0. The molecule has 0 aliphatic heterocycles. The molecule has 6 heteroatoms. The first-order chi connectivity index (χ1) is 14.1. The lowest BCUT2D eigenvalue weighted by Crippen LogP contribution is -2.20. The Balaban J connectivity index is 1.64. The van der Waals surface area contributed by atoms with Gasteiger partial charge >= 0.3 is 0 Å². The van der Waals surface area contributed by atoms with Crippen LogP contribution in [0, 0.1) is 0 Å². The molecule has 3 aromatic rings. The highest BCUT2D eigenvalue weighted by atomic mass is 16.3. The fourth-order valence-electron chi connectivity index (χ4n) is 2.68. The van der Waals surface area contributed by atoms with E-state index in [1.807, 2.05) is 13.0 Å². The molecule has 0 saturated carbocycles. The van der Waals surface area contributed by atoms with Crippen molar-refractivity contribution in [3.63, 3.8) is 0 Å². The standard InChI is InChI=1S/C23H21N3O3/c1-2-21(16-10-14-20(27)15-11-16)25-26-23(29)18-8-12-19(13-9-18)24-22(28)17-6-4-3-5-7-17/h3-15,27H,2H2,1H3,(H,24,28)(H,26,29). The molecule has 0 aliphatic carbocycles. The fourth-order valence-corrected chi connectivity index (χ4v) is 2.68. The van der Waals surface area contributed by atoms with Crippen molar-refractivity contribution in [2.45, 2.75) is 13.3 Å². The summed E-state index contributed by atoms with van der Waals surface area (Å²) in [5.41, 5.74) is 5.65. The van der Waals surface area contributed by atoms with Gasteiger partial charge in [-0.15, -0.1) is 0 Å². The zero-order valence-corrected chi connectivity index (χ0v) is 15.9. The van der Waals surface area contributed by atoms with Crippen LogP contribution in [0.1, 0.15) is 39.6 Å². The van der Waals surface area contributed by atoms with Crippen LogP contribution >= 0.6 is 0 Å². The van der Waals surface area contributed by atoms with Gasteiger partial charge in [0.1, 0.15) is 5.75 Å². The summed E-state index contributed by atoms with van der Waals surface area (Å²) in [7, 11) is 0. The number of hydrogen-bond acceptors (Lipinski definition) is 4. The van der Waals surface area contributed by atoms with Crippen LogP contribution in [0.3, 0.4) is 0 Å². The first-order valence-electron chi connectivity index (χ1n) is 9.19. The van der Waals surface area contributed by atoms with E-state index in [1.54, 1.807) is 72.8 Å². The third-order valence-electron chi connectivity index (χ3n) is 4.27. The number of phenols is 1. The molecule has 0 aliphatic rings. The van der Waals surface area contributed by atoms with Crippen molar-refractivity contribution in [1.82, 2.24) is 5.43 Å². The Hall–Kier alpha value is -3.93. The van der Waals surface area contributed by atoms with Crippen LogP contribution in [0.2, 0.25) is 0 Å². The van der Waals surface area contributed by atoms with Gasteiger partial charge in [-0.2, -0.15) is 5.10 Å². The average molecular weight is 387 g/mol. The molecule has 146 valence electrons. The first kappa shape index (κ1) is 19.8. The molecule has 0 heterocycles. The van der Waals surface area contributed by atoms with Crippen molar-refractivity contribution in [3.8, 4) is 5.75 Å². The summed E-state index contributed by atoms with van der Waals surface area (Å²) in [6.45, 7) is 1.93. The molecule has 0 atom stereocenters. The third kappa shape index (κ3) is 5.29. The van der Waals surface area contributed by atoms with Crippen molar-refractivity contribution in [1.29, 1.82) is 0 Å². The van der Waals surface area contributed by atoms with Gasteiger partial charge in [0.25, 0.3) is 11.8 Å². The maximum Gasteiger partial charge on any atom is 0.271 e. The van der Waals surface area contributed by atoms with Gasteiger partial charge in [-0.05, 0) is 72.6 Å². The van der Waals surface area contributed by atoms with Gasteiger partial charge in [-0.3, -0.25) is 9.59 Å². The molecule has 0 radical (unpaired) electrons. The monoisotopic (exact) mass is 387 g/mol. The Morgan fingerprint density at radius 1 is 0.793 bits per heavy atom. The first-order valence-corrected chi connectivity index (χ1v) is 9.19. The second-order valence-electron chi connectivity index (χ2n) is 6.30. The van der Waals surface area contributed by atoms with Gasteiger partial charge in [0.2, 0.25) is 0 Å².